The maximum Gasteiger partial charge on any atom is 0.141 e. The Kier molecular flexibility index (Phi) is 3.12. The minimum Gasteiger partial charge on any atom is -0.506 e. The van der Waals surface area contributed by atoms with Crippen molar-refractivity contribution in [3.05, 3.63) is 30.5 Å². The predicted octanol–water partition coefficient (Wildman–Crippen LogP) is 1.92. The van der Waals surface area contributed by atoms with E-state index in [-0.39, 0.29) is 5.75 Å². The fourth-order valence-corrected chi connectivity index (χ4v) is 1.11. The second-order valence-corrected chi connectivity index (χ2v) is 2.77. The van der Waals surface area contributed by atoms with Crippen molar-refractivity contribution in [3.63, 3.8) is 0 Å². The molecule has 0 aliphatic carbocycles. The summed E-state index contributed by atoms with van der Waals surface area (Å²) in [5, 5.41) is 16.7. The monoisotopic (exact) mass is 191 g/mol. The zero-order valence-electron chi connectivity index (χ0n) is 7.94. The van der Waals surface area contributed by atoms with E-state index in [2.05, 4.69) is 0 Å². The lowest BCUT2D eigenvalue weighted by Gasteiger charge is -2.15. The van der Waals surface area contributed by atoms with E-state index in [0.717, 1.165) is 6.34 Å². The SMILES string of the molecule is CC=CN(C=N)c1ccc(N)cc1O. The second-order valence-electron chi connectivity index (χ2n) is 2.77. The molecule has 74 valence electrons. The van der Waals surface area contributed by atoms with Crippen LogP contribution in [0.1, 0.15) is 6.92 Å². The fourth-order valence-electron chi connectivity index (χ4n) is 1.11. The number of rotatable bonds is 3. The van der Waals surface area contributed by atoms with E-state index in [1.807, 2.05) is 6.92 Å². The Hall–Kier alpha value is -1.97. The number of phenolic OH excluding ortho intramolecular Hbond substituents is 1. The Morgan fingerprint density at radius 1 is 1.50 bits per heavy atom. The van der Waals surface area contributed by atoms with Crippen LogP contribution in [0.5, 0.6) is 5.75 Å². The third kappa shape index (κ3) is 2.04. The predicted molar refractivity (Wildman–Crippen MR) is 58.6 cm³/mol. The van der Waals surface area contributed by atoms with Gasteiger partial charge >= 0.3 is 0 Å². The van der Waals surface area contributed by atoms with Crippen molar-refractivity contribution >= 4 is 17.7 Å². The van der Waals surface area contributed by atoms with Gasteiger partial charge in [-0.15, -0.1) is 0 Å². The summed E-state index contributed by atoms with van der Waals surface area (Å²) in [4.78, 5) is 1.49. The highest BCUT2D eigenvalue weighted by Gasteiger charge is 2.05. The topological polar surface area (TPSA) is 73.3 Å². The molecule has 4 N–H and O–H groups in total. The number of hydrogen-bond donors (Lipinski definition) is 3. The molecular weight excluding hydrogens is 178 g/mol. The van der Waals surface area contributed by atoms with Gasteiger partial charge in [0.15, 0.2) is 0 Å². The molecule has 1 rings (SSSR count). The molecule has 0 spiro atoms. The minimum atomic E-state index is 0.0617. The van der Waals surface area contributed by atoms with Gasteiger partial charge in [0.25, 0.3) is 0 Å². The highest BCUT2D eigenvalue weighted by Crippen LogP contribution is 2.28. The van der Waals surface area contributed by atoms with Crippen LogP contribution in [0.2, 0.25) is 0 Å². The Morgan fingerprint density at radius 3 is 2.71 bits per heavy atom. The van der Waals surface area contributed by atoms with Gasteiger partial charge in [0.05, 0.1) is 12.0 Å². The summed E-state index contributed by atoms with van der Waals surface area (Å²) in [6.07, 6.45) is 4.57. The molecule has 0 heterocycles. The average molecular weight is 191 g/mol. The maximum atomic E-state index is 9.56. The smallest absolute Gasteiger partial charge is 0.141 e. The van der Waals surface area contributed by atoms with Crippen LogP contribution in [-0.2, 0) is 0 Å². The zero-order valence-corrected chi connectivity index (χ0v) is 7.94. The van der Waals surface area contributed by atoms with Crippen molar-refractivity contribution < 1.29 is 5.11 Å². The molecule has 14 heavy (non-hydrogen) atoms. The summed E-state index contributed by atoms with van der Waals surface area (Å²) in [6, 6.07) is 4.79. The first-order chi connectivity index (χ1) is 6.69. The van der Waals surface area contributed by atoms with Crippen molar-refractivity contribution in [2.45, 2.75) is 6.92 Å². The van der Waals surface area contributed by atoms with Crippen LogP contribution in [0.15, 0.2) is 30.5 Å². The van der Waals surface area contributed by atoms with E-state index >= 15 is 0 Å². The summed E-state index contributed by atoms with van der Waals surface area (Å²) in [5.74, 6) is 0.0617. The van der Waals surface area contributed by atoms with E-state index < -0.39 is 0 Å². The van der Waals surface area contributed by atoms with Crippen LogP contribution in [0.4, 0.5) is 11.4 Å². The third-order valence-electron chi connectivity index (χ3n) is 1.73. The number of benzene rings is 1. The normalized spacial score (nSPS) is 10.4. The molecule has 0 radical (unpaired) electrons. The molecule has 0 atom stereocenters. The summed E-state index contributed by atoms with van der Waals surface area (Å²) in [5.41, 5.74) is 6.52. The Labute approximate surface area is 82.8 Å². The van der Waals surface area contributed by atoms with E-state index in [1.54, 1.807) is 24.4 Å². The first-order valence-corrected chi connectivity index (χ1v) is 4.19. The highest BCUT2D eigenvalue weighted by molar-refractivity contribution is 5.83. The molecule has 0 saturated heterocycles. The van der Waals surface area contributed by atoms with Gasteiger partial charge in [-0.2, -0.15) is 0 Å². The van der Waals surface area contributed by atoms with Crippen molar-refractivity contribution in [1.29, 1.82) is 5.41 Å². The van der Waals surface area contributed by atoms with Gasteiger partial charge in [-0.1, -0.05) is 6.08 Å². The molecule has 0 aromatic heterocycles. The molecule has 0 fully saturated rings. The first kappa shape index (κ1) is 10.1. The van der Waals surface area contributed by atoms with Crippen LogP contribution in [0.25, 0.3) is 0 Å². The lowest BCUT2D eigenvalue weighted by atomic mass is 10.2. The molecule has 1 aromatic carbocycles. The molecule has 0 amide bonds. The lowest BCUT2D eigenvalue weighted by molar-refractivity contribution is 0.477. The molecule has 0 aliphatic rings. The lowest BCUT2D eigenvalue weighted by Crippen LogP contribution is -2.12. The first-order valence-electron chi connectivity index (χ1n) is 4.19. The third-order valence-corrected chi connectivity index (χ3v) is 1.73. The number of aromatic hydroxyl groups is 1. The quantitative estimate of drug-likeness (QED) is 0.388. The largest absolute Gasteiger partial charge is 0.506 e. The van der Waals surface area contributed by atoms with Gasteiger partial charge in [0, 0.05) is 18.0 Å². The van der Waals surface area contributed by atoms with Gasteiger partial charge in [0.1, 0.15) is 5.75 Å². The zero-order chi connectivity index (χ0) is 10.6. The Bertz CT molecular complexity index is 360. The molecule has 4 heteroatoms. The number of allylic oxidation sites excluding steroid dienone is 1. The van der Waals surface area contributed by atoms with Crippen molar-refractivity contribution in [2.24, 2.45) is 0 Å². The minimum absolute atomic E-state index is 0.0617. The van der Waals surface area contributed by atoms with Crippen LogP contribution < -0.4 is 10.6 Å². The number of phenols is 1. The molecule has 4 nitrogen and oxygen atoms in total. The van der Waals surface area contributed by atoms with Crippen LogP contribution >= 0.6 is 0 Å². The number of nitrogens with zero attached hydrogens (tertiary/aromatic N) is 1. The van der Waals surface area contributed by atoms with Crippen molar-refractivity contribution in [3.8, 4) is 5.75 Å². The number of anilines is 2. The van der Waals surface area contributed by atoms with Crippen molar-refractivity contribution in [2.75, 3.05) is 10.6 Å². The molecule has 1 aromatic rings. The number of nitrogen functional groups attached to an aromatic ring is 1. The molecule has 0 saturated carbocycles. The summed E-state index contributed by atoms with van der Waals surface area (Å²) < 4.78 is 0. The number of nitrogens with two attached hydrogens (primary N) is 1. The van der Waals surface area contributed by atoms with E-state index in [1.165, 1.54) is 11.0 Å². The standard InChI is InChI=1S/C10H13N3O/c1-2-5-13(7-11)9-4-3-8(12)6-10(9)14/h2-7,11,14H,12H2,1H3. The van der Waals surface area contributed by atoms with Crippen molar-refractivity contribution in [1.82, 2.24) is 0 Å². The Balaban J connectivity index is 3.10. The van der Waals surface area contributed by atoms with E-state index in [4.69, 9.17) is 11.1 Å². The average Bonchev–Trinajstić information content (AvgIpc) is 2.15. The van der Waals surface area contributed by atoms with E-state index in [0.29, 0.717) is 11.4 Å². The van der Waals surface area contributed by atoms with Crippen LogP contribution in [-0.4, -0.2) is 11.4 Å². The maximum absolute atomic E-state index is 9.56. The molecule has 0 aliphatic heterocycles. The highest BCUT2D eigenvalue weighted by atomic mass is 16.3. The summed E-state index contributed by atoms with van der Waals surface area (Å²) >= 11 is 0. The van der Waals surface area contributed by atoms with Gasteiger partial charge in [-0.25, -0.2) is 0 Å². The summed E-state index contributed by atoms with van der Waals surface area (Å²) in [7, 11) is 0. The number of hydrogen-bond acceptors (Lipinski definition) is 3. The fraction of sp³-hybridized carbons (Fsp3) is 0.100. The molecule has 0 unspecified atom stereocenters. The van der Waals surface area contributed by atoms with E-state index in [9.17, 15) is 5.11 Å². The van der Waals surface area contributed by atoms with Crippen LogP contribution in [0, 0.1) is 5.41 Å². The summed E-state index contributed by atoms with van der Waals surface area (Å²) in [6.45, 7) is 1.84. The molecule has 0 bridgehead atoms. The van der Waals surface area contributed by atoms with Crippen LogP contribution in [0.3, 0.4) is 0 Å². The van der Waals surface area contributed by atoms with Gasteiger partial charge in [-0.05, 0) is 19.1 Å². The van der Waals surface area contributed by atoms with Gasteiger partial charge in [-0.3, -0.25) is 5.41 Å². The van der Waals surface area contributed by atoms with Gasteiger partial charge < -0.3 is 15.7 Å². The number of nitrogens with one attached hydrogen (secondary N) is 1. The Morgan fingerprint density at radius 2 is 2.21 bits per heavy atom. The second kappa shape index (κ2) is 4.32. The molecular formula is C10H13N3O. The van der Waals surface area contributed by atoms with Gasteiger partial charge in [0.2, 0.25) is 0 Å².